The molecule has 0 spiro atoms. The lowest BCUT2D eigenvalue weighted by molar-refractivity contribution is -0.117. The minimum atomic E-state index is 0.0589. The first kappa shape index (κ1) is 16.4. The van der Waals surface area contributed by atoms with Crippen LogP contribution in [0.3, 0.4) is 0 Å². The molecule has 0 atom stereocenters. The number of methoxy groups -OCH3 is 2. The topological polar surface area (TPSA) is 51.7 Å². The van der Waals surface area contributed by atoms with Gasteiger partial charge in [-0.25, -0.2) is 4.98 Å². The Balaban J connectivity index is 1.61. The third-order valence-electron chi connectivity index (χ3n) is 4.76. The molecular weight excluding hydrogens is 328 g/mol. The van der Waals surface area contributed by atoms with Crippen LogP contribution in [0.2, 0.25) is 0 Å². The first-order valence-electron chi connectivity index (χ1n) is 8.59. The molecule has 0 unspecified atom stereocenters. The van der Waals surface area contributed by atoms with E-state index in [1.165, 1.54) is 0 Å². The smallest absolute Gasteiger partial charge is 0.232 e. The number of nitrogens with zero attached hydrogens (tertiary/aromatic N) is 2. The van der Waals surface area contributed by atoms with Gasteiger partial charge in [0.15, 0.2) is 0 Å². The Morgan fingerprint density at radius 3 is 2.50 bits per heavy atom. The second-order valence-electron chi connectivity index (χ2n) is 6.35. The monoisotopic (exact) mass is 348 g/mol. The molecule has 1 aliphatic rings. The number of fused-ring (bicyclic) bond motifs is 2. The number of rotatable bonds is 4. The quantitative estimate of drug-likeness (QED) is 0.725. The highest BCUT2D eigenvalue weighted by molar-refractivity contribution is 5.97. The van der Waals surface area contributed by atoms with Gasteiger partial charge in [-0.1, -0.05) is 12.1 Å². The molecule has 2 heterocycles. The van der Waals surface area contributed by atoms with Gasteiger partial charge in [0.25, 0.3) is 0 Å². The predicted molar refractivity (Wildman–Crippen MR) is 101 cm³/mol. The third-order valence-corrected chi connectivity index (χ3v) is 4.76. The van der Waals surface area contributed by atoms with Gasteiger partial charge in [0.2, 0.25) is 5.91 Å². The van der Waals surface area contributed by atoms with Gasteiger partial charge in [0.05, 0.1) is 26.2 Å². The lowest BCUT2D eigenvalue weighted by Gasteiger charge is -2.17. The highest BCUT2D eigenvalue weighted by atomic mass is 16.5. The van der Waals surface area contributed by atoms with Gasteiger partial charge in [-0.3, -0.25) is 9.69 Å². The number of anilines is 1. The van der Waals surface area contributed by atoms with E-state index in [1.807, 2.05) is 42.5 Å². The molecule has 0 N–H and O–H groups in total. The van der Waals surface area contributed by atoms with E-state index in [2.05, 4.69) is 6.07 Å². The molecular formula is C21H20N2O3. The Morgan fingerprint density at radius 1 is 1.04 bits per heavy atom. The molecule has 26 heavy (non-hydrogen) atoms. The van der Waals surface area contributed by atoms with Crippen LogP contribution >= 0.6 is 0 Å². The van der Waals surface area contributed by atoms with E-state index in [9.17, 15) is 4.79 Å². The summed E-state index contributed by atoms with van der Waals surface area (Å²) >= 11 is 0. The van der Waals surface area contributed by atoms with Crippen LogP contribution in [0.4, 0.5) is 5.82 Å². The van der Waals surface area contributed by atoms with Crippen molar-refractivity contribution in [2.24, 2.45) is 0 Å². The van der Waals surface area contributed by atoms with Gasteiger partial charge < -0.3 is 9.47 Å². The molecule has 0 saturated heterocycles. The van der Waals surface area contributed by atoms with Crippen LogP contribution in [0.15, 0.2) is 48.5 Å². The number of ether oxygens (including phenoxy) is 2. The number of amides is 1. The number of benzene rings is 2. The van der Waals surface area contributed by atoms with Gasteiger partial charge in [0, 0.05) is 18.0 Å². The van der Waals surface area contributed by atoms with Gasteiger partial charge in [0.1, 0.15) is 17.3 Å². The van der Waals surface area contributed by atoms with E-state index >= 15 is 0 Å². The minimum absolute atomic E-state index is 0.0589. The highest BCUT2D eigenvalue weighted by Gasteiger charge is 2.26. The van der Waals surface area contributed by atoms with Crippen LogP contribution in [0.5, 0.6) is 11.5 Å². The molecule has 1 aromatic heterocycles. The van der Waals surface area contributed by atoms with Gasteiger partial charge in [-0.15, -0.1) is 0 Å². The van der Waals surface area contributed by atoms with Gasteiger partial charge in [-0.2, -0.15) is 0 Å². The Bertz CT molecular complexity index is 967. The number of carbonyl (C=O) groups is 1. The van der Waals surface area contributed by atoms with E-state index in [0.717, 1.165) is 45.8 Å². The van der Waals surface area contributed by atoms with Gasteiger partial charge >= 0.3 is 0 Å². The molecule has 0 radical (unpaired) electrons. The molecule has 5 heteroatoms. The van der Waals surface area contributed by atoms with Crippen molar-refractivity contribution in [3.05, 3.63) is 59.7 Å². The number of carbonyl (C=O) groups excluding carboxylic acids is 1. The average Bonchev–Trinajstić information content (AvgIpc) is 3.09. The predicted octanol–water partition coefficient (Wildman–Crippen LogP) is 3.38. The minimum Gasteiger partial charge on any atom is -0.497 e. The number of pyridine rings is 1. The van der Waals surface area contributed by atoms with Crippen molar-refractivity contribution in [2.75, 3.05) is 25.7 Å². The lowest BCUT2D eigenvalue weighted by Crippen LogP contribution is -2.30. The standard InChI is InChI=1S/C21H20N2O3/c1-25-17-6-3-14(4-7-17)11-20(24)23-10-9-16-12-15-5-8-18(26-2)13-19(15)22-21(16)23/h3-8,12-13H,9-11H2,1-2H3. The molecule has 0 fully saturated rings. The van der Waals surface area contributed by atoms with Crippen molar-refractivity contribution in [1.82, 2.24) is 4.98 Å². The van der Waals surface area contributed by atoms with E-state index in [1.54, 1.807) is 19.1 Å². The maximum absolute atomic E-state index is 12.8. The second-order valence-corrected chi connectivity index (χ2v) is 6.35. The summed E-state index contributed by atoms with van der Waals surface area (Å²) in [6.07, 6.45) is 1.18. The highest BCUT2D eigenvalue weighted by Crippen LogP contribution is 2.31. The second kappa shape index (κ2) is 6.67. The van der Waals surface area contributed by atoms with Crippen LogP contribution in [0, 0.1) is 0 Å². The summed E-state index contributed by atoms with van der Waals surface area (Å²) in [5, 5.41) is 1.06. The lowest BCUT2D eigenvalue weighted by atomic mass is 10.1. The first-order chi connectivity index (χ1) is 12.7. The van der Waals surface area contributed by atoms with Crippen molar-refractivity contribution in [2.45, 2.75) is 12.8 Å². The zero-order valence-electron chi connectivity index (χ0n) is 14.9. The SMILES string of the molecule is COc1ccc(CC(=O)N2CCc3cc4ccc(OC)cc4nc32)cc1. The summed E-state index contributed by atoms with van der Waals surface area (Å²) < 4.78 is 10.4. The third kappa shape index (κ3) is 2.96. The van der Waals surface area contributed by atoms with Crippen LogP contribution in [0.1, 0.15) is 11.1 Å². The Morgan fingerprint density at radius 2 is 1.77 bits per heavy atom. The number of aromatic nitrogens is 1. The summed E-state index contributed by atoms with van der Waals surface area (Å²) in [7, 11) is 3.27. The Hall–Kier alpha value is -3.08. The normalized spacial score (nSPS) is 12.9. The Kier molecular flexibility index (Phi) is 4.21. The van der Waals surface area contributed by atoms with E-state index < -0.39 is 0 Å². The molecule has 0 saturated carbocycles. The zero-order valence-corrected chi connectivity index (χ0v) is 14.9. The fraction of sp³-hybridized carbons (Fsp3) is 0.238. The molecule has 2 aromatic carbocycles. The zero-order chi connectivity index (χ0) is 18.1. The number of hydrogen-bond acceptors (Lipinski definition) is 4. The summed E-state index contributed by atoms with van der Waals surface area (Å²) in [6.45, 7) is 0.671. The van der Waals surface area contributed by atoms with Gasteiger partial charge in [-0.05, 0) is 47.9 Å². The van der Waals surface area contributed by atoms with Crippen LogP contribution in [-0.2, 0) is 17.6 Å². The maximum Gasteiger partial charge on any atom is 0.232 e. The maximum atomic E-state index is 12.8. The van der Waals surface area contributed by atoms with Crippen molar-refractivity contribution in [1.29, 1.82) is 0 Å². The molecule has 0 aliphatic carbocycles. The molecule has 4 rings (SSSR count). The molecule has 5 nitrogen and oxygen atoms in total. The van der Waals surface area contributed by atoms with E-state index in [4.69, 9.17) is 14.5 Å². The fourth-order valence-electron chi connectivity index (χ4n) is 3.32. The first-order valence-corrected chi connectivity index (χ1v) is 8.59. The number of hydrogen-bond donors (Lipinski definition) is 0. The van der Waals surface area contributed by atoms with E-state index in [-0.39, 0.29) is 5.91 Å². The van der Waals surface area contributed by atoms with Crippen LogP contribution in [0.25, 0.3) is 10.9 Å². The molecule has 0 bridgehead atoms. The van der Waals surface area contributed by atoms with Crippen molar-refractivity contribution < 1.29 is 14.3 Å². The Labute approximate surface area is 152 Å². The fourth-order valence-corrected chi connectivity index (χ4v) is 3.32. The summed E-state index contributed by atoms with van der Waals surface area (Å²) in [5.41, 5.74) is 2.92. The average molecular weight is 348 g/mol. The molecule has 1 aliphatic heterocycles. The molecule has 1 amide bonds. The van der Waals surface area contributed by atoms with Crippen LogP contribution in [-0.4, -0.2) is 31.7 Å². The molecule has 3 aromatic rings. The van der Waals surface area contributed by atoms with Crippen molar-refractivity contribution in [3.63, 3.8) is 0 Å². The summed E-state index contributed by atoms with van der Waals surface area (Å²) in [4.78, 5) is 19.4. The van der Waals surface area contributed by atoms with Crippen molar-refractivity contribution >= 4 is 22.6 Å². The summed E-state index contributed by atoms with van der Waals surface area (Å²) in [6, 6.07) is 15.6. The largest absolute Gasteiger partial charge is 0.497 e. The molecule has 132 valence electrons. The van der Waals surface area contributed by atoms with E-state index in [0.29, 0.717) is 13.0 Å². The van der Waals surface area contributed by atoms with Crippen molar-refractivity contribution in [3.8, 4) is 11.5 Å². The van der Waals surface area contributed by atoms with Crippen LogP contribution < -0.4 is 14.4 Å². The summed E-state index contributed by atoms with van der Waals surface area (Å²) in [5.74, 6) is 2.38.